The third-order valence-electron chi connectivity index (χ3n) is 4.44. The lowest BCUT2D eigenvalue weighted by atomic mass is 9.81. The maximum absolute atomic E-state index is 13.3. The van der Waals surface area contributed by atoms with Crippen molar-refractivity contribution in [3.05, 3.63) is 41.8 Å². The molecule has 0 bridgehead atoms. The summed E-state index contributed by atoms with van der Waals surface area (Å²) < 4.78 is 13.3. The van der Waals surface area contributed by atoms with Crippen molar-refractivity contribution in [3.63, 3.8) is 0 Å². The van der Waals surface area contributed by atoms with Crippen LogP contribution in [-0.4, -0.2) is 22.3 Å². The molecule has 1 aliphatic carbocycles. The van der Waals surface area contributed by atoms with Gasteiger partial charge in [0.05, 0.1) is 11.1 Å². The molecule has 1 heterocycles. The van der Waals surface area contributed by atoms with E-state index in [9.17, 15) is 14.0 Å². The minimum Gasteiger partial charge on any atom is -0.368 e. The Kier molecular flexibility index (Phi) is 3.98. The second kappa shape index (κ2) is 5.95. The lowest BCUT2D eigenvalue weighted by molar-refractivity contribution is -0.125. The van der Waals surface area contributed by atoms with E-state index in [4.69, 9.17) is 5.73 Å². The second-order valence-corrected chi connectivity index (χ2v) is 6.02. The molecule has 1 aromatic carbocycles. The van der Waals surface area contributed by atoms with Crippen LogP contribution in [0.1, 0.15) is 42.5 Å². The Hall–Kier alpha value is -2.50. The molecule has 2 amide bonds. The molecule has 23 heavy (non-hydrogen) atoms. The van der Waals surface area contributed by atoms with E-state index in [0.29, 0.717) is 23.7 Å². The fourth-order valence-corrected chi connectivity index (χ4v) is 3.10. The van der Waals surface area contributed by atoms with Crippen molar-refractivity contribution in [2.45, 2.75) is 37.6 Å². The van der Waals surface area contributed by atoms with Crippen LogP contribution >= 0.6 is 0 Å². The molecule has 1 saturated carbocycles. The highest BCUT2D eigenvalue weighted by atomic mass is 19.1. The fraction of sp³-hybridized carbons (Fsp3) is 0.353. The van der Waals surface area contributed by atoms with E-state index in [1.54, 1.807) is 12.1 Å². The summed E-state index contributed by atoms with van der Waals surface area (Å²) in [5.41, 5.74) is 5.41. The Balaban J connectivity index is 1.88. The smallest absolute Gasteiger partial charge is 0.253 e. The molecule has 0 aliphatic heterocycles. The van der Waals surface area contributed by atoms with Crippen molar-refractivity contribution in [1.29, 1.82) is 0 Å². The van der Waals surface area contributed by atoms with Gasteiger partial charge in [0.15, 0.2) is 0 Å². The predicted molar refractivity (Wildman–Crippen MR) is 84.2 cm³/mol. The van der Waals surface area contributed by atoms with E-state index in [0.717, 1.165) is 19.3 Å². The van der Waals surface area contributed by atoms with Gasteiger partial charge in [0.2, 0.25) is 5.91 Å². The summed E-state index contributed by atoms with van der Waals surface area (Å²) in [6.07, 6.45) is 5.25. The van der Waals surface area contributed by atoms with E-state index in [-0.39, 0.29) is 5.56 Å². The van der Waals surface area contributed by atoms with Crippen molar-refractivity contribution < 1.29 is 14.0 Å². The molecule has 3 rings (SSSR count). The van der Waals surface area contributed by atoms with E-state index in [1.807, 2.05) is 0 Å². The number of carbonyl (C=O) groups excluding carboxylic acids is 2. The van der Waals surface area contributed by atoms with Gasteiger partial charge in [0.1, 0.15) is 11.4 Å². The number of hydrogen-bond acceptors (Lipinski definition) is 3. The number of halogens is 1. The fourth-order valence-electron chi connectivity index (χ4n) is 3.10. The Morgan fingerprint density at radius 3 is 2.61 bits per heavy atom. The van der Waals surface area contributed by atoms with Gasteiger partial charge in [-0.15, -0.1) is 0 Å². The summed E-state index contributed by atoms with van der Waals surface area (Å²) in [4.78, 5) is 28.5. The monoisotopic (exact) mass is 315 g/mol. The first-order valence-electron chi connectivity index (χ1n) is 7.68. The van der Waals surface area contributed by atoms with E-state index in [1.165, 1.54) is 18.3 Å². The van der Waals surface area contributed by atoms with Gasteiger partial charge in [-0.05, 0) is 37.1 Å². The summed E-state index contributed by atoms with van der Waals surface area (Å²) in [6, 6.07) is 5.76. The standard InChI is InChI=1S/C17H18FN3O2/c18-13-4-5-14-11(9-13)8-12(10-20-14)15(22)21-17(16(19)23)6-2-1-3-7-17/h4-5,8-10H,1-3,6-7H2,(H2,19,23)(H,21,22). The molecule has 0 saturated heterocycles. The quantitative estimate of drug-likeness (QED) is 0.911. The predicted octanol–water partition coefficient (Wildman–Crippen LogP) is 2.29. The number of amides is 2. The number of rotatable bonds is 3. The van der Waals surface area contributed by atoms with Crippen molar-refractivity contribution in [1.82, 2.24) is 10.3 Å². The number of carbonyl (C=O) groups is 2. The maximum atomic E-state index is 13.3. The molecule has 0 unspecified atom stereocenters. The molecule has 120 valence electrons. The number of primary amides is 1. The van der Waals surface area contributed by atoms with Crippen LogP contribution in [-0.2, 0) is 4.79 Å². The second-order valence-electron chi connectivity index (χ2n) is 6.02. The number of benzene rings is 1. The highest BCUT2D eigenvalue weighted by Gasteiger charge is 2.39. The third kappa shape index (κ3) is 3.02. The lowest BCUT2D eigenvalue weighted by Crippen LogP contribution is -2.58. The normalized spacial score (nSPS) is 16.9. The van der Waals surface area contributed by atoms with E-state index < -0.39 is 23.2 Å². The average Bonchev–Trinajstić information content (AvgIpc) is 2.54. The zero-order valence-corrected chi connectivity index (χ0v) is 12.6. The van der Waals surface area contributed by atoms with Crippen LogP contribution in [0.15, 0.2) is 30.5 Å². The molecule has 5 nitrogen and oxygen atoms in total. The average molecular weight is 315 g/mol. The van der Waals surface area contributed by atoms with Crippen molar-refractivity contribution in [2.75, 3.05) is 0 Å². The molecule has 0 radical (unpaired) electrons. The Morgan fingerprint density at radius 2 is 1.91 bits per heavy atom. The van der Waals surface area contributed by atoms with Gasteiger partial charge in [-0.25, -0.2) is 4.39 Å². The number of pyridine rings is 1. The summed E-state index contributed by atoms with van der Waals surface area (Å²) in [5, 5.41) is 3.32. The molecule has 0 spiro atoms. The van der Waals surface area contributed by atoms with Gasteiger partial charge in [0, 0.05) is 11.6 Å². The maximum Gasteiger partial charge on any atom is 0.253 e. The molecule has 1 aromatic heterocycles. The van der Waals surface area contributed by atoms with Gasteiger partial charge in [0.25, 0.3) is 5.91 Å². The minimum absolute atomic E-state index is 0.286. The van der Waals surface area contributed by atoms with E-state index >= 15 is 0 Å². The van der Waals surface area contributed by atoms with Crippen molar-refractivity contribution in [3.8, 4) is 0 Å². The number of aromatic nitrogens is 1. The van der Waals surface area contributed by atoms with Crippen LogP contribution in [0.4, 0.5) is 4.39 Å². The molecule has 1 fully saturated rings. The summed E-state index contributed by atoms with van der Waals surface area (Å²) in [7, 11) is 0. The first-order valence-corrected chi connectivity index (χ1v) is 7.68. The molecular weight excluding hydrogens is 297 g/mol. The largest absolute Gasteiger partial charge is 0.368 e. The van der Waals surface area contributed by atoms with Crippen molar-refractivity contribution in [2.24, 2.45) is 5.73 Å². The minimum atomic E-state index is -0.994. The van der Waals surface area contributed by atoms with Crippen LogP contribution in [0.3, 0.4) is 0 Å². The summed E-state index contributed by atoms with van der Waals surface area (Å²) >= 11 is 0. The zero-order valence-electron chi connectivity index (χ0n) is 12.6. The zero-order chi connectivity index (χ0) is 16.4. The third-order valence-corrected chi connectivity index (χ3v) is 4.44. The van der Waals surface area contributed by atoms with Crippen LogP contribution < -0.4 is 11.1 Å². The molecular formula is C17H18FN3O2. The van der Waals surface area contributed by atoms with E-state index in [2.05, 4.69) is 10.3 Å². The number of hydrogen-bond donors (Lipinski definition) is 2. The van der Waals surface area contributed by atoms with Gasteiger partial charge in [-0.1, -0.05) is 19.3 Å². The first kappa shape index (κ1) is 15.4. The molecule has 6 heteroatoms. The van der Waals surface area contributed by atoms with Gasteiger partial charge in [-0.2, -0.15) is 0 Å². The van der Waals surface area contributed by atoms with Crippen molar-refractivity contribution >= 4 is 22.7 Å². The Labute approximate surface area is 133 Å². The van der Waals surface area contributed by atoms with Crippen LogP contribution in [0.5, 0.6) is 0 Å². The number of nitrogens with two attached hydrogens (primary N) is 1. The Bertz CT molecular complexity index is 770. The van der Waals surface area contributed by atoms with Crippen LogP contribution in [0, 0.1) is 5.82 Å². The first-order chi connectivity index (χ1) is 11.0. The van der Waals surface area contributed by atoms with Crippen LogP contribution in [0.2, 0.25) is 0 Å². The summed E-state index contributed by atoms with van der Waals surface area (Å²) in [5.74, 6) is -1.31. The number of nitrogens with zero attached hydrogens (tertiary/aromatic N) is 1. The molecule has 1 aliphatic rings. The highest BCUT2D eigenvalue weighted by Crippen LogP contribution is 2.28. The van der Waals surface area contributed by atoms with Gasteiger partial charge in [-0.3, -0.25) is 14.6 Å². The molecule has 3 N–H and O–H groups in total. The SMILES string of the molecule is NC(=O)C1(NC(=O)c2cnc3ccc(F)cc3c2)CCCCC1. The summed E-state index contributed by atoms with van der Waals surface area (Å²) in [6.45, 7) is 0. The highest BCUT2D eigenvalue weighted by molar-refractivity contribution is 6.00. The van der Waals surface area contributed by atoms with Gasteiger partial charge >= 0.3 is 0 Å². The van der Waals surface area contributed by atoms with Gasteiger partial charge < -0.3 is 11.1 Å². The van der Waals surface area contributed by atoms with Crippen LogP contribution in [0.25, 0.3) is 10.9 Å². The number of nitrogens with one attached hydrogen (secondary N) is 1. The topological polar surface area (TPSA) is 85.1 Å². The Morgan fingerprint density at radius 1 is 1.17 bits per heavy atom. The number of fused-ring (bicyclic) bond motifs is 1. The molecule has 2 aromatic rings. The lowest BCUT2D eigenvalue weighted by Gasteiger charge is -2.35. The molecule has 0 atom stereocenters.